The van der Waals surface area contributed by atoms with E-state index < -0.39 is 0 Å². The zero-order chi connectivity index (χ0) is 13.7. The molecule has 1 aliphatic rings. The predicted octanol–water partition coefficient (Wildman–Crippen LogP) is 4.55. The third kappa shape index (κ3) is 4.28. The van der Waals surface area contributed by atoms with E-state index in [1.807, 2.05) is 6.07 Å². The molecule has 0 bridgehead atoms. The Kier molecular flexibility index (Phi) is 5.83. The summed E-state index contributed by atoms with van der Waals surface area (Å²) in [5.41, 5.74) is 1.23. The number of benzene rings is 1. The maximum Gasteiger partial charge on any atom is 0.124 e. The number of hydrogen-bond acceptors (Lipinski definition) is 1. The first-order chi connectivity index (χ1) is 9.20. The van der Waals surface area contributed by atoms with Crippen molar-refractivity contribution >= 4 is 15.9 Å². The van der Waals surface area contributed by atoms with E-state index in [-0.39, 0.29) is 5.82 Å². The van der Waals surface area contributed by atoms with Crippen LogP contribution in [0.5, 0.6) is 0 Å². The van der Waals surface area contributed by atoms with Crippen LogP contribution in [-0.2, 0) is 6.42 Å². The van der Waals surface area contributed by atoms with E-state index in [4.69, 9.17) is 0 Å². The summed E-state index contributed by atoms with van der Waals surface area (Å²) in [4.78, 5) is 0. The van der Waals surface area contributed by atoms with Crippen LogP contribution in [-0.4, -0.2) is 13.1 Å². The van der Waals surface area contributed by atoms with Gasteiger partial charge in [0.2, 0.25) is 0 Å². The van der Waals surface area contributed by atoms with Gasteiger partial charge in [0.15, 0.2) is 0 Å². The van der Waals surface area contributed by atoms with Crippen LogP contribution in [0.1, 0.15) is 38.2 Å². The van der Waals surface area contributed by atoms with E-state index in [0.29, 0.717) is 5.92 Å². The highest BCUT2D eigenvalue weighted by Gasteiger charge is 2.25. The standard InChI is InChI=1S/C16H23BrFN/c1-2-19-11-14(12-5-3-4-6-12)9-13-7-8-15(18)10-16(13)17/h7-8,10,12,14,19H,2-6,9,11H2,1H3. The molecule has 0 amide bonds. The van der Waals surface area contributed by atoms with Gasteiger partial charge in [-0.2, -0.15) is 0 Å². The van der Waals surface area contributed by atoms with Gasteiger partial charge in [0.1, 0.15) is 5.82 Å². The van der Waals surface area contributed by atoms with Crippen molar-refractivity contribution in [3.8, 4) is 0 Å². The van der Waals surface area contributed by atoms with Crippen molar-refractivity contribution in [2.24, 2.45) is 11.8 Å². The minimum absolute atomic E-state index is 0.167. The van der Waals surface area contributed by atoms with Crippen LogP contribution in [0.15, 0.2) is 22.7 Å². The number of rotatable bonds is 6. The lowest BCUT2D eigenvalue weighted by atomic mass is 9.85. The summed E-state index contributed by atoms with van der Waals surface area (Å²) < 4.78 is 14.1. The van der Waals surface area contributed by atoms with Crippen molar-refractivity contribution in [3.63, 3.8) is 0 Å². The fourth-order valence-electron chi connectivity index (χ4n) is 3.13. The SMILES string of the molecule is CCNCC(Cc1ccc(F)cc1Br)C1CCCC1. The summed E-state index contributed by atoms with van der Waals surface area (Å²) >= 11 is 3.49. The summed E-state index contributed by atoms with van der Waals surface area (Å²) in [6.45, 7) is 4.25. The van der Waals surface area contributed by atoms with Crippen LogP contribution in [0, 0.1) is 17.7 Å². The van der Waals surface area contributed by atoms with E-state index in [2.05, 4.69) is 28.2 Å². The molecule has 1 atom stereocenters. The molecule has 2 rings (SSSR count). The van der Waals surface area contributed by atoms with Gasteiger partial charge in [-0.05, 0) is 49.0 Å². The molecule has 1 aromatic carbocycles. The van der Waals surface area contributed by atoms with Crippen LogP contribution < -0.4 is 5.32 Å². The van der Waals surface area contributed by atoms with Gasteiger partial charge in [-0.1, -0.05) is 54.6 Å². The first-order valence-corrected chi connectivity index (χ1v) is 8.14. The fourth-order valence-corrected chi connectivity index (χ4v) is 3.65. The Bertz CT molecular complexity index is 402. The number of nitrogens with one attached hydrogen (secondary N) is 1. The Balaban J connectivity index is 2.05. The molecule has 1 aromatic rings. The van der Waals surface area contributed by atoms with Gasteiger partial charge >= 0.3 is 0 Å². The number of hydrogen-bond donors (Lipinski definition) is 1. The molecule has 0 saturated heterocycles. The first kappa shape index (κ1) is 15.0. The molecule has 1 fully saturated rings. The Hall–Kier alpha value is -0.410. The lowest BCUT2D eigenvalue weighted by Crippen LogP contribution is -2.29. The monoisotopic (exact) mass is 327 g/mol. The highest BCUT2D eigenvalue weighted by Crippen LogP contribution is 2.34. The Morgan fingerprint density at radius 3 is 2.74 bits per heavy atom. The lowest BCUT2D eigenvalue weighted by molar-refractivity contribution is 0.323. The van der Waals surface area contributed by atoms with Crippen molar-refractivity contribution in [2.75, 3.05) is 13.1 Å². The second kappa shape index (κ2) is 7.39. The van der Waals surface area contributed by atoms with Crippen molar-refractivity contribution in [1.29, 1.82) is 0 Å². The largest absolute Gasteiger partial charge is 0.317 e. The van der Waals surface area contributed by atoms with Crippen LogP contribution in [0.4, 0.5) is 4.39 Å². The summed E-state index contributed by atoms with van der Waals surface area (Å²) in [7, 11) is 0. The van der Waals surface area contributed by atoms with E-state index in [1.165, 1.54) is 31.2 Å². The van der Waals surface area contributed by atoms with Crippen molar-refractivity contribution < 1.29 is 4.39 Å². The van der Waals surface area contributed by atoms with Crippen LogP contribution >= 0.6 is 15.9 Å². The normalized spacial score (nSPS) is 17.8. The molecule has 0 heterocycles. The molecule has 1 N–H and O–H groups in total. The summed E-state index contributed by atoms with van der Waals surface area (Å²) in [5.74, 6) is 1.33. The van der Waals surface area contributed by atoms with E-state index in [0.717, 1.165) is 29.9 Å². The van der Waals surface area contributed by atoms with Crippen molar-refractivity contribution in [3.05, 3.63) is 34.1 Å². The van der Waals surface area contributed by atoms with Gasteiger partial charge < -0.3 is 5.32 Å². The summed E-state index contributed by atoms with van der Waals surface area (Å²) in [6, 6.07) is 5.07. The summed E-state index contributed by atoms with van der Waals surface area (Å²) in [5, 5.41) is 3.49. The molecule has 0 aliphatic heterocycles. The smallest absolute Gasteiger partial charge is 0.124 e. The second-order valence-electron chi connectivity index (χ2n) is 5.55. The third-order valence-electron chi connectivity index (χ3n) is 4.22. The van der Waals surface area contributed by atoms with Crippen molar-refractivity contribution in [1.82, 2.24) is 5.32 Å². The molecule has 19 heavy (non-hydrogen) atoms. The van der Waals surface area contributed by atoms with Gasteiger partial charge in [0, 0.05) is 4.47 Å². The maximum atomic E-state index is 13.1. The molecule has 1 saturated carbocycles. The summed E-state index contributed by atoms with van der Waals surface area (Å²) in [6.07, 6.45) is 6.50. The predicted molar refractivity (Wildman–Crippen MR) is 81.8 cm³/mol. The molecular formula is C16H23BrFN. The lowest BCUT2D eigenvalue weighted by Gasteiger charge is -2.24. The third-order valence-corrected chi connectivity index (χ3v) is 4.96. The highest BCUT2D eigenvalue weighted by molar-refractivity contribution is 9.10. The Labute approximate surface area is 124 Å². The average molecular weight is 328 g/mol. The quantitative estimate of drug-likeness (QED) is 0.808. The molecule has 0 radical (unpaired) electrons. The Morgan fingerprint density at radius 1 is 1.37 bits per heavy atom. The second-order valence-corrected chi connectivity index (χ2v) is 6.41. The van der Waals surface area contributed by atoms with E-state index in [9.17, 15) is 4.39 Å². The zero-order valence-electron chi connectivity index (χ0n) is 11.6. The molecule has 106 valence electrons. The highest BCUT2D eigenvalue weighted by atomic mass is 79.9. The van der Waals surface area contributed by atoms with Gasteiger partial charge in [-0.25, -0.2) is 4.39 Å². The molecule has 1 unspecified atom stereocenters. The van der Waals surface area contributed by atoms with Gasteiger partial charge in [-0.3, -0.25) is 0 Å². The van der Waals surface area contributed by atoms with E-state index >= 15 is 0 Å². The minimum Gasteiger partial charge on any atom is -0.317 e. The molecular weight excluding hydrogens is 305 g/mol. The average Bonchev–Trinajstić information content (AvgIpc) is 2.90. The topological polar surface area (TPSA) is 12.0 Å². The molecule has 3 heteroatoms. The minimum atomic E-state index is -0.167. The van der Waals surface area contributed by atoms with Crippen LogP contribution in [0.25, 0.3) is 0 Å². The van der Waals surface area contributed by atoms with E-state index in [1.54, 1.807) is 12.1 Å². The number of halogens is 2. The van der Waals surface area contributed by atoms with Gasteiger partial charge in [0.05, 0.1) is 0 Å². The van der Waals surface area contributed by atoms with Crippen molar-refractivity contribution in [2.45, 2.75) is 39.0 Å². The fraction of sp³-hybridized carbons (Fsp3) is 0.625. The van der Waals surface area contributed by atoms with Crippen LogP contribution in [0.2, 0.25) is 0 Å². The molecule has 0 spiro atoms. The maximum absolute atomic E-state index is 13.1. The first-order valence-electron chi connectivity index (χ1n) is 7.35. The zero-order valence-corrected chi connectivity index (χ0v) is 13.2. The van der Waals surface area contributed by atoms with Crippen LogP contribution in [0.3, 0.4) is 0 Å². The van der Waals surface area contributed by atoms with Gasteiger partial charge in [0.25, 0.3) is 0 Å². The molecule has 0 aromatic heterocycles. The molecule has 1 nitrogen and oxygen atoms in total. The van der Waals surface area contributed by atoms with Gasteiger partial charge in [-0.15, -0.1) is 0 Å². The Morgan fingerprint density at radius 2 is 2.11 bits per heavy atom. The molecule has 1 aliphatic carbocycles.